The van der Waals surface area contributed by atoms with Crippen LogP contribution in [0.15, 0.2) is 0 Å². The highest BCUT2D eigenvalue weighted by atomic mass is 16.4. The number of aliphatic carboxylic acids is 1. The Hall–Kier alpha value is -0.860. The van der Waals surface area contributed by atoms with Gasteiger partial charge >= 0.3 is 5.97 Å². The molecule has 0 amide bonds. The molecule has 1 N–H and O–H groups in total. The maximum Gasteiger partial charge on any atom is 0.303 e. The van der Waals surface area contributed by atoms with E-state index < -0.39 is 5.97 Å². The molecule has 0 aromatic rings. The van der Waals surface area contributed by atoms with Gasteiger partial charge in [-0.2, -0.15) is 0 Å². The number of Topliss-reactive ketones (excluding diaryl/α,β-unsaturated/α-hetero) is 1. The molecule has 164 valence electrons. The van der Waals surface area contributed by atoms with Crippen LogP contribution in [0.25, 0.3) is 0 Å². The molecule has 0 aromatic carbocycles. The molecule has 0 bridgehead atoms. The van der Waals surface area contributed by atoms with Crippen molar-refractivity contribution >= 4 is 11.8 Å². The highest BCUT2D eigenvalue weighted by Gasteiger charge is 2.67. The minimum absolute atomic E-state index is 0.0667. The maximum absolute atomic E-state index is 12.6. The van der Waals surface area contributed by atoms with Crippen LogP contribution < -0.4 is 0 Å². The zero-order valence-corrected chi connectivity index (χ0v) is 19.6. The van der Waals surface area contributed by atoms with E-state index in [9.17, 15) is 14.7 Å². The number of carbonyl (C=O) groups is 2. The lowest BCUT2D eigenvalue weighted by molar-refractivity contribution is -0.226. The minimum atomic E-state index is -0.644. The van der Waals surface area contributed by atoms with Gasteiger partial charge in [0.15, 0.2) is 0 Å². The number of carboxylic acids is 1. The van der Waals surface area contributed by atoms with E-state index in [2.05, 4.69) is 41.5 Å². The standard InChI is InChI=1S/C26H42O3/c1-17-18(27)7-8-19-24(17,4)10-9-20-25(19,5)13-12-23(3)16-22(2,15-21(28)29)11-14-26(20,23)6/h17,19-20H,7-16H2,1-6H3,(H,28,29). The van der Waals surface area contributed by atoms with Crippen molar-refractivity contribution < 1.29 is 14.7 Å². The van der Waals surface area contributed by atoms with Crippen molar-refractivity contribution in [3.63, 3.8) is 0 Å². The predicted molar refractivity (Wildman–Crippen MR) is 115 cm³/mol. The molecular weight excluding hydrogens is 360 g/mol. The van der Waals surface area contributed by atoms with Gasteiger partial charge in [-0.05, 0) is 90.3 Å². The van der Waals surface area contributed by atoms with Gasteiger partial charge in [-0.3, -0.25) is 9.59 Å². The van der Waals surface area contributed by atoms with E-state index in [1.165, 1.54) is 25.7 Å². The summed E-state index contributed by atoms with van der Waals surface area (Å²) in [5, 5.41) is 9.48. The fraction of sp³-hybridized carbons (Fsp3) is 0.923. The van der Waals surface area contributed by atoms with Crippen molar-refractivity contribution in [3.05, 3.63) is 0 Å². The Morgan fingerprint density at radius 2 is 1.62 bits per heavy atom. The number of rotatable bonds is 2. The molecule has 0 heterocycles. The van der Waals surface area contributed by atoms with Crippen LogP contribution in [0.5, 0.6) is 0 Å². The van der Waals surface area contributed by atoms with E-state index in [0.29, 0.717) is 29.5 Å². The lowest BCUT2D eigenvalue weighted by Gasteiger charge is -2.71. The molecule has 29 heavy (non-hydrogen) atoms. The summed E-state index contributed by atoms with van der Waals surface area (Å²) in [6.45, 7) is 14.4. The summed E-state index contributed by atoms with van der Waals surface area (Å²) in [6, 6.07) is 0. The smallest absolute Gasteiger partial charge is 0.303 e. The van der Waals surface area contributed by atoms with Gasteiger partial charge in [0.05, 0.1) is 6.42 Å². The molecule has 4 saturated carbocycles. The van der Waals surface area contributed by atoms with Gasteiger partial charge in [0.25, 0.3) is 0 Å². The van der Waals surface area contributed by atoms with E-state index in [-0.39, 0.29) is 27.6 Å². The van der Waals surface area contributed by atoms with Crippen molar-refractivity contribution in [2.45, 2.75) is 106 Å². The summed E-state index contributed by atoms with van der Waals surface area (Å²) < 4.78 is 0. The number of carbonyl (C=O) groups excluding carboxylic acids is 1. The fourth-order valence-corrected chi connectivity index (χ4v) is 9.52. The normalized spacial score (nSPS) is 54.8. The second-order valence-electron chi connectivity index (χ2n) is 12.9. The third kappa shape index (κ3) is 2.81. The van der Waals surface area contributed by atoms with Crippen molar-refractivity contribution in [2.24, 2.45) is 44.8 Å². The average Bonchev–Trinajstić information content (AvgIpc) is 2.60. The molecule has 4 rings (SSSR count). The Bertz CT molecular complexity index is 729. The molecule has 0 saturated heterocycles. The van der Waals surface area contributed by atoms with Gasteiger partial charge < -0.3 is 5.11 Å². The zero-order chi connectivity index (χ0) is 21.5. The van der Waals surface area contributed by atoms with Crippen LogP contribution in [-0.2, 0) is 9.59 Å². The Morgan fingerprint density at radius 1 is 0.931 bits per heavy atom. The van der Waals surface area contributed by atoms with Crippen molar-refractivity contribution in [1.82, 2.24) is 0 Å². The van der Waals surface area contributed by atoms with Crippen LogP contribution in [0.3, 0.4) is 0 Å². The molecule has 8 atom stereocenters. The van der Waals surface area contributed by atoms with E-state index in [4.69, 9.17) is 0 Å². The first kappa shape index (κ1) is 21.4. The predicted octanol–water partition coefficient (Wildman–Crippen LogP) is 6.50. The van der Waals surface area contributed by atoms with E-state index in [1.807, 2.05) is 0 Å². The largest absolute Gasteiger partial charge is 0.481 e. The summed E-state index contributed by atoms with van der Waals surface area (Å²) in [6.07, 6.45) is 10.3. The molecule has 4 aliphatic carbocycles. The number of carboxylic acid groups (broad SMARTS) is 1. The van der Waals surface area contributed by atoms with Crippen molar-refractivity contribution in [1.29, 1.82) is 0 Å². The van der Waals surface area contributed by atoms with Crippen LogP contribution in [0, 0.1) is 44.8 Å². The van der Waals surface area contributed by atoms with Gasteiger partial charge in [0.1, 0.15) is 5.78 Å². The summed E-state index contributed by atoms with van der Waals surface area (Å²) in [7, 11) is 0. The Morgan fingerprint density at radius 3 is 2.28 bits per heavy atom. The summed E-state index contributed by atoms with van der Waals surface area (Å²) in [4.78, 5) is 24.1. The lowest BCUT2D eigenvalue weighted by atomic mass is 9.33. The van der Waals surface area contributed by atoms with Crippen LogP contribution in [0.4, 0.5) is 0 Å². The summed E-state index contributed by atoms with van der Waals surface area (Å²) in [5.41, 5.74) is 0.921. The van der Waals surface area contributed by atoms with Crippen molar-refractivity contribution in [3.8, 4) is 0 Å². The minimum Gasteiger partial charge on any atom is -0.481 e. The maximum atomic E-state index is 12.6. The quantitative estimate of drug-likeness (QED) is 0.574. The monoisotopic (exact) mass is 402 g/mol. The van der Waals surface area contributed by atoms with Gasteiger partial charge in [-0.1, -0.05) is 41.5 Å². The highest BCUT2D eigenvalue weighted by Crippen LogP contribution is 2.75. The van der Waals surface area contributed by atoms with Gasteiger partial charge in [-0.25, -0.2) is 0 Å². The molecule has 3 heteroatoms. The molecule has 0 aliphatic heterocycles. The average molecular weight is 403 g/mol. The van der Waals surface area contributed by atoms with Crippen LogP contribution in [-0.4, -0.2) is 16.9 Å². The Balaban J connectivity index is 1.68. The van der Waals surface area contributed by atoms with Crippen LogP contribution >= 0.6 is 0 Å². The Kier molecular flexibility index (Phi) is 4.66. The van der Waals surface area contributed by atoms with Gasteiger partial charge in [0, 0.05) is 12.3 Å². The molecule has 0 aromatic heterocycles. The Labute approximate surface area is 177 Å². The molecular formula is C26H42O3. The van der Waals surface area contributed by atoms with Gasteiger partial charge in [-0.15, -0.1) is 0 Å². The first-order valence-corrected chi connectivity index (χ1v) is 12.0. The van der Waals surface area contributed by atoms with Crippen molar-refractivity contribution in [2.75, 3.05) is 0 Å². The molecule has 0 radical (unpaired) electrons. The van der Waals surface area contributed by atoms with E-state index in [1.54, 1.807) is 0 Å². The third-order valence-corrected chi connectivity index (χ3v) is 11.5. The number of hydrogen-bond donors (Lipinski definition) is 1. The molecule has 0 spiro atoms. The highest BCUT2D eigenvalue weighted by molar-refractivity contribution is 5.82. The lowest BCUT2D eigenvalue weighted by Crippen LogP contribution is -2.64. The number of hydrogen-bond acceptors (Lipinski definition) is 2. The second kappa shape index (κ2) is 6.33. The fourth-order valence-electron chi connectivity index (χ4n) is 9.52. The van der Waals surface area contributed by atoms with Crippen LogP contribution in [0.2, 0.25) is 0 Å². The summed E-state index contributed by atoms with van der Waals surface area (Å²) in [5.74, 6) is 1.39. The zero-order valence-electron chi connectivity index (χ0n) is 19.6. The third-order valence-electron chi connectivity index (χ3n) is 11.5. The molecule has 4 fully saturated rings. The first-order valence-electron chi connectivity index (χ1n) is 12.0. The van der Waals surface area contributed by atoms with E-state index >= 15 is 0 Å². The molecule has 3 nitrogen and oxygen atoms in total. The number of ketones is 1. The van der Waals surface area contributed by atoms with E-state index in [0.717, 1.165) is 32.1 Å². The summed E-state index contributed by atoms with van der Waals surface area (Å²) >= 11 is 0. The molecule has 8 unspecified atom stereocenters. The SMILES string of the molecule is CC1C(=O)CCC2C1(C)CCC1C2(C)CCC2(C)CC(C)(CC(=O)O)CCC12C. The topological polar surface area (TPSA) is 54.4 Å². The van der Waals surface area contributed by atoms with Crippen LogP contribution in [0.1, 0.15) is 106 Å². The number of fused-ring (bicyclic) bond motifs is 5. The van der Waals surface area contributed by atoms with Gasteiger partial charge in [0.2, 0.25) is 0 Å². The molecule has 4 aliphatic rings. The second-order valence-corrected chi connectivity index (χ2v) is 12.9. The first-order chi connectivity index (χ1) is 13.3.